The number of nitrogen functional groups attached to an aromatic ring is 1. The van der Waals surface area contributed by atoms with E-state index in [9.17, 15) is 0 Å². The molecule has 4 rings (SSSR count). The average molecular weight is 350 g/mol. The maximum absolute atomic E-state index is 6.08. The van der Waals surface area contributed by atoms with Gasteiger partial charge in [0.15, 0.2) is 0 Å². The van der Waals surface area contributed by atoms with Crippen LogP contribution in [0.4, 0.5) is 17.6 Å². The van der Waals surface area contributed by atoms with Crippen LogP contribution >= 0.6 is 0 Å². The molecule has 1 atom stereocenters. The topological polar surface area (TPSA) is 61.5 Å². The molecule has 1 unspecified atom stereocenters. The normalized spacial score (nSPS) is 20.9. The Kier molecular flexibility index (Phi) is 4.48. The Morgan fingerprint density at radius 3 is 2.54 bits per heavy atom. The molecule has 2 aromatic rings. The van der Waals surface area contributed by atoms with Gasteiger partial charge in [0.05, 0.1) is 0 Å². The maximum atomic E-state index is 6.08. The first kappa shape index (κ1) is 17.2. The van der Waals surface area contributed by atoms with E-state index in [-0.39, 0.29) is 0 Å². The van der Waals surface area contributed by atoms with Gasteiger partial charge < -0.3 is 20.4 Å². The molecule has 7 heteroatoms. The van der Waals surface area contributed by atoms with E-state index < -0.39 is 0 Å². The summed E-state index contributed by atoms with van der Waals surface area (Å²) in [6.07, 6.45) is 1.03. The molecular formula is C19H27BN6. The zero-order valence-corrected chi connectivity index (χ0v) is 15.9. The Hall–Kier alpha value is -2.28. The SMILES string of the molecule is Bc1ccc2c(c1)CN(c1cc(N3CCN(C)CC3)nc(N)n1)C(C)C2. The van der Waals surface area contributed by atoms with Crippen molar-refractivity contribution in [2.24, 2.45) is 0 Å². The van der Waals surface area contributed by atoms with Crippen molar-refractivity contribution in [2.45, 2.75) is 25.9 Å². The number of anilines is 3. The van der Waals surface area contributed by atoms with E-state index in [2.05, 4.69) is 70.8 Å². The molecule has 0 amide bonds. The number of aromatic nitrogens is 2. The molecule has 6 nitrogen and oxygen atoms in total. The number of benzene rings is 1. The third kappa shape index (κ3) is 3.36. The van der Waals surface area contributed by atoms with Crippen LogP contribution in [0.15, 0.2) is 24.3 Å². The predicted octanol–water partition coefficient (Wildman–Crippen LogP) is 0.0202. The highest BCUT2D eigenvalue weighted by atomic mass is 15.3. The Labute approximate surface area is 156 Å². The summed E-state index contributed by atoms with van der Waals surface area (Å²) in [5.41, 5.74) is 10.2. The minimum Gasteiger partial charge on any atom is -0.368 e. The molecule has 0 aliphatic carbocycles. The standard InChI is InChI=1S/C19H27BN6/c1-13-9-14-3-4-16(20)10-15(14)12-26(13)18-11-17(22-19(21)23-18)25-7-5-24(2)6-8-25/h3-4,10-11,13H,5-9,12,20H2,1-2H3,(H2,21,22,23). The van der Waals surface area contributed by atoms with Gasteiger partial charge in [-0.15, -0.1) is 0 Å². The molecule has 0 spiro atoms. The molecule has 1 aromatic carbocycles. The van der Waals surface area contributed by atoms with Crippen molar-refractivity contribution in [3.8, 4) is 0 Å². The molecule has 2 aliphatic rings. The fourth-order valence-corrected chi connectivity index (χ4v) is 3.96. The lowest BCUT2D eigenvalue weighted by atomic mass is 9.87. The first-order valence-electron chi connectivity index (χ1n) is 9.42. The summed E-state index contributed by atoms with van der Waals surface area (Å²) >= 11 is 0. The highest BCUT2D eigenvalue weighted by molar-refractivity contribution is 6.32. The zero-order chi connectivity index (χ0) is 18.3. The van der Waals surface area contributed by atoms with E-state index in [0.717, 1.165) is 50.8 Å². The summed E-state index contributed by atoms with van der Waals surface area (Å²) in [7, 11) is 4.31. The number of piperazine rings is 1. The van der Waals surface area contributed by atoms with E-state index in [1.807, 2.05) is 0 Å². The van der Waals surface area contributed by atoms with E-state index in [0.29, 0.717) is 12.0 Å². The van der Waals surface area contributed by atoms with Crippen molar-refractivity contribution in [2.75, 3.05) is 48.8 Å². The van der Waals surface area contributed by atoms with E-state index in [1.54, 1.807) is 0 Å². The second-order valence-electron chi connectivity index (χ2n) is 7.69. The van der Waals surface area contributed by atoms with Crippen LogP contribution in [0.25, 0.3) is 0 Å². The monoisotopic (exact) mass is 350 g/mol. The molecule has 0 radical (unpaired) electrons. The summed E-state index contributed by atoms with van der Waals surface area (Å²) in [5.74, 6) is 2.24. The number of fused-ring (bicyclic) bond motifs is 1. The summed E-state index contributed by atoms with van der Waals surface area (Å²) in [6.45, 7) is 7.18. The molecule has 1 fully saturated rings. The quantitative estimate of drug-likeness (QED) is 0.771. The smallest absolute Gasteiger partial charge is 0.223 e. The van der Waals surface area contributed by atoms with Crippen LogP contribution in [0.5, 0.6) is 0 Å². The van der Waals surface area contributed by atoms with Crippen molar-refractivity contribution >= 4 is 30.9 Å². The minimum absolute atomic E-state index is 0.360. The second kappa shape index (κ2) is 6.80. The highest BCUT2D eigenvalue weighted by Gasteiger charge is 2.26. The van der Waals surface area contributed by atoms with E-state index in [4.69, 9.17) is 5.73 Å². The van der Waals surface area contributed by atoms with Crippen molar-refractivity contribution in [1.29, 1.82) is 0 Å². The number of hydrogen-bond acceptors (Lipinski definition) is 6. The van der Waals surface area contributed by atoms with Crippen molar-refractivity contribution in [1.82, 2.24) is 14.9 Å². The van der Waals surface area contributed by atoms with Crippen molar-refractivity contribution in [3.05, 3.63) is 35.4 Å². The summed E-state index contributed by atoms with van der Waals surface area (Å²) in [6, 6.07) is 9.26. The van der Waals surface area contributed by atoms with Crippen LogP contribution < -0.4 is 21.0 Å². The number of hydrogen-bond donors (Lipinski definition) is 1. The molecule has 2 N–H and O–H groups in total. The van der Waals surface area contributed by atoms with E-state index in [1.165, 1.54) is 16.6 Å². The van der Waals surface area contributed by atoms with Crippen LogP contribution in [-0.4, -0.2) is 62.0 Å². The van der Waals surface area contributed by atoms with Crippen LogP contribution in [-0.2, 0) is 13.0 Å². The van der Waals surface area contributed by atoms with Gasteiger partial charge >= 0.3 is 0 Å². The average Bonchev–Trinajstić information content (AvgIpc) is 2.61. The number of nitrogens with two attached hydrogens (primary N) is 1. The summed E-state index contributed by atoms with van der Waals surface area (Å²) in [5, 5.41) is 0. The van der Waals surface area contributed by atoms with Gasteiger partial charge in [-0.1, -0.05) is 23.7 Å². The number of nitrogens with zero attached hydrogens (tertiary/aromatic N) is 5. The molecule has 0 bridgehead atoms. The summed E-state index contributed by atoms with van der Waals surface area (Å²) < 4.78 is 0. The summed E-state index contributed by atoms with van der Waals surface area (Å²) in [4.78, 5) is 16.1. The lowest BCUT2D eigenvalue weighted by Gasteiger charge is -2.37. The Balaban J connectivity index is 1.63. The van der Waals surface area contributed by atoms with Gasteiger partial charge in [0.1, 0.15) is 19.5 Å². The Morgan fingerprint density at radius 2 is 1.77 bits per heavy atom. The number of likely N-dealkylation sites (N-methyl/N-ethyl adjacent to an activating group) is 1. The van der Waals surface area contributed by atoms with Gasteiger partial charge in [0, 0.05) is 44.8 Å². The molecular weight excluding hydrogens is 323 g/mol. The first-order chi connectivity index (χ1) is 12.5. The fraction of sp³-hybridized carbons (Fsp3) is 0.474. The first-order valence-corrected chi connectivity index (χ1v) is 9.42. The van der Waals surface area contributed by atoms with Gasteiger partial charge in [-0.2, -0.15) is 9.97 Å². The maximum Gasteiger partial charge on any atom is 0.223 e. The van der Waals surface area contributed by atoms with Crippen LogP contribution in [0.3, 0.4) is 0 Å². The van der Waals surface area contributed by atoms with Gasteiger partial charge in [0.2, 0.25) is 5.95 Å². The van der Waals surface area contributed by atoms with Crippen LogP contribution in [0, 0.1) is 0 Å². The minimum atomic E-state index is 0.360. The van der Waals surface area contributed by atoms with Gasteiger partial charge in [0.25, 0.3) is 0 Å². The number of rotatable bonds is 2. The zero-order valence-electron chi connectivity index (χ0n) is 15.9. The van der Waals surface area contributed by atoms with Crippen molar-refractivity contribution in [3.63, 3.8) is 0 Å². The highest BCUT2D eigenvalue weighted by Crippen LogP contribution is 2.29. The third-order valence-electron chi connectivity index (χ3n) is 5.59. The molecule has 3 heterocycles. The molecule has 1 aromatic heterocycles. The van der Waals surface area contributed by atoms with Gasteiger partial charge in [-0.05, 0) is 31.5 Å². The lowest BCUT2D eigenvalue weighted by molar-refractivity contribution is 0.312. The molecule has 2 aliphatic heterocycles. The largest absolute Gasteiger partial charge is 0.368 e. The Morgan fingerprint density at radius 1 is 1.04 bits per heavy atom. The molecule has 136 valence electrons. The molecule has 26 heavy (non-hydrogen) atoms. The third-order valence-corrected chi connectivity index (χ3v) is 5.59. The lowest BCUT2D eigenvalue weighted by Crippen LogP contribution is -2.45. The van der Waals surface area contributed by atoms with Crippen LogP contribution in [0.2, 0.25) is 0 Å². The Bertz CT molecular complexity index is 803. The van der Waals surface area contributed by atoms with Gasteiger partial charge in [-0.3, -0.25) is 0 Å². The predicted molar refractivity (Wildman–Crippen MR) is 110 cm³/mol. The molecule has 0 saturated carbocycles. The van der Waals surface area contributed by atoms with Crippen molar-refractivity contribution < 1.29 is 0 Å². The molecule has 1 saturated heterocycles. The van der Waals surface area contributed by atoms with E-state index >= 15 is 0 Å². The van der Waals surface area contributed by atoms with Gasteiger partial charge in [-0.25, -0.2) is 0 Å². The fourth-order valence-electron chi connectivity index (χ4n) is 3.96. The second-order valence-corrected chi connectivity index (χ2v) is 7.69. The van der Waals surface area contributed by atoms with Crippen LogP contribution in [0.1, 0.15) is 18.1 Å².